The topological polar surface area (TPSA) is 111 Å². The highest BCUT2D eigenvalue weighted by Crippen LogP contribution is 2.27. The fraction of sp³-hybridized carbons (Fsp3) is 0.400. The Morgan fingerprint density at radius 3 is 2.41 bits per heavy atom. The fourth-order valence-electron chi connectivity index (χ4n) is 3.74. The van der Waals surface area contributed by atoms with Gasteiger partial charge in [-0.3, -0.25) is 4.79 Å². The predicted octanol–water partition coefficient (Wildman–Crippen LogP) is 3.39. The lowest BCUT2D eigenvalue weighted by molar-refractivity contribution is -0.159. The summed E-state index contributed by atoms with van der Waals surface area (Å²) in [5.74, 6) is -1.81. The summed E-state index contributed by atoms with van der Waals surface area (Å²) in [5, 5.41) is 5.91. The normalized spacial score (nSPS) is 17.4. The third-order valence-corrected chi connectivity index (χ3v) is 6.69. The van der Waals surface area contributed by atoms with Crippen molar-refractivity contribution in [1.82, 2.24) is 10.6 Å². The number of esters is 2. The van der Waals surface area contributed by atoms with Gasteiger partial charge < -0.3 is 15.4 Å². The van der Waals surface area contributed by atoms with Crippen LogP contribution >= 0.6 is 8.03 Å². The zero-order chi connectivity index (χ0) is 24.3. The van der Waals surface area contributed by atoms with Crippen molar-refractivity contribution in [1.29, 1.82) is 0 Å². The molecule has 0 aliphatic carbocycles. The lowest BCUT2D eigenvalue weighted by Gasteiger charge is -2.22. The van der Waals surface area contributed by atoms with Crippen LogP contribution in [0.25, 0.3) is 0 Å². The van der Waals surface area contributed by atoms with Crippen molar-refractivity contribution < 1.29 is 28.2 Å². The minimum Gasteiger partial charge on any atom is -0.389 e. The van der Waals surface area contributed by atoms with Gasteiger partial charge in [-0.15, -0.1) is 4.52 Å². The fourth-order valence-corrected chi connectivity index (χ4v) is 4.60. The standard InChI is InChI=1S/C25H29N2O6P/c1-18(33-34(31)17-23(28)32-25(30)22-13-8-16-26-22)21(15-14-19-9-4-2-5-10-19)27-24(29)20-11-6-3-7-12-20/h2-7,9-12,18,21-22,26H,8,13-17H2,1H3/p+1/t18?,21?,22-/m0/s1. The molecule has 2 aromatic rings. The number of carbonyl (C=O) groups is 3. The lowest BCUT2D eigenvalue weighted by atomic mass is 10.0. The molecule has 3 unspecified atom stereocenters. The van der Waals surface area contributed by atoms with Gasteiger partial charge >= 0.3 is 20.0 Å². The van der Waals surface area contributed by atoms with E-state index in [4.69, 9.17) is 9.26 Å². The van der Waals surface area contributed by atoms with Crippen LogP contribution in [0.3, 0.4) is 0 Å². The van der Waals surface area contributed by atoms with Crippen LogP contribution in [0.15, 0.2) is 60.7 Å². The highest BCUT2D eigenvalue weighted by Gasteiger charge is 2.34. The zero-order valence-electron chi connectivity index (χ0n) is 19.1. The Morgan fingerprint density at radius 2 is 1.76 bits per heavy atom. The molecule has 1 aliphatic heterocycles. The summed E-state index contributed by atoms with van der Waals surface area (Å²) in [6.45, 7) is 2.40. The molecule has 34 heavy (non-hydrogen) atoms. The molecular formula is C25H30N2O6P+. The van der Waals surface area contributed by atoms with Crippen molar-refractivity contribution in [3.63, 3.8) is 0 Å². The molecule has 2 N–H and O–H groups in total. The molecule has 1 heterocycles. The van der Waals surface area contributed by atoms with E-state index in [1.54, 1.807) is 31.2 Å². The van der Waals surface area contributed by atoms with Crippen molar-refractivity contribution in [3.05, 3.63) is 71.8 Å². The number of ether oxygens (including phenoxy) is 1. The van der Waals surface area contributed by atoms with Crippen molar-refractivity contribution in [2.75, 3.05) is 12.7 Å². The first kappa shape index (κ1) is 25.7. The number of aryl methyl sites for hydroxylation is 1. The SMILES string of the molecule is CC(O[P+](=O)CC(=O)OC(=O)[C@@H]1CCCN1)C(CCc1ccccc1)NC(=O)c1ccccc1. The molecule has 1 amide bonds. The number of amides is 1. The Hall–Kier alpha value is -2.93. The van der Waals surface area contributed by atoms with Crippen LogP contribution in [0.1, 0.15) is 42.1 Å². The number of nitrogens with one attached hydrogen (secondary N) is 2. The van der Waals surface area contributed by atoms with Crippen LogP contribution in [0.2, 0.25) is 0 Å². The second-order valence-electron chi connectivity index (χ2n) is 8.21. The maximum Gasteiger partial charge on any atom is 0.520 e. The zero-order valence-corrected chi connectivity index (χ0v) is 20.0. The molecule has 0 radical (unpaired) electrons. The molecule has 4 atom stereocenters. The van der Waals surface area contributed by atoms with Gasteiger partial charge in [-0.25, -0.2) is 9.59 Å². The van der Waals surface area contributed by atoms with Crippen LogP contribution in [0.5, 0.6) is 0 Å². The van der Waals surface area contributed by atoms with Crippen molar-refractivity contribution >= 4 is 25.9 Å². The average Bonchev–Trinajstić information content (AvgIpc) is 3.38. The van der Waals surface area contributed by atoms with E-state index < -0.39 is 44.3 Å². The smallest absolute Gasteiger partial charge is 0.389 e. The maximum atomic E-state index is 12.7. The molecule has 0 saturated carbocycles. The van der Waals surface area contributed by atoms with Crippen LogP contribution in [-0.4, -0.2) is 48.7 Å². The molecule has 1 saturated heterocycles. The van der Waals surface area contributed by atoms with Gasteiger partial charge in [-0.2, -0.15) is 0 Å². The minimum atomic E-state index is -2.43. The average molecular weight is 485 g/mol. The van der Waals surface area contributed by atoms with Crippen molar-refractivity contribution in [3.8, 4) is 0 Å². The van der Waals surface area contributed by atoms with E-state index in [1.807, 2.05) is 36.4 Å². The first-order valence-electron chi connectivity index (χ1n) is 11.4. The predicted molar refractivity (Wildman–Crippen MR) is 128 cm³/mol. The van der Waals surface area contributed by atoms with E-state index in [0.717, 1.165) is 12.0 Å². The number of hydrogen-bond donors (Lipinski definition) is 2. The quantitative estimate of drug-likeness (QED) is 0.285. The Balaban J connectivity index is 1.56. The van der Waals surface area contributed by atoms with Crippen LogP contribution in [0, 0.1) is 0 Å². The summed E-state index contributed by atoms with van der Waals surface area (Å²) in [6.07, 6.45) is 1.49. The second kappa shape index (κ2) is 13.1. The van der Waals surface area contributed by atoms with Crippen LogP contribution in [0.4, 0.5) is 0 Å². The summed E-state index contributed by atoms with van der Waals surface area (Å²) in [4.78, 5) is 36.7. The highest BCUT2D eigenvalue weighted by molar-refractivity contribution is 7.40. The molecular weight excluding hydrogens is 455 g/mol. The molecule has 3 rings (SSSR count). The number of benzene rings is 2. The molecule has 1 fully saturated rings. The maximum absolute atomic E-state index is 12.7. The first-order chi connectivity index (χ1) is 16.4. The largest absolute Gasteiger partial charge is 0.520 e. The number of hydrogen-bond acceptors (Lipinski definition) is 7. The van der Waals surface area contributed by atoms with E-state index in [9.17, 15) is 18.9 Å². The van der Waals surface area contributed by atoms with Gasteiger partial charge in [-0.1, -0.05) is 48.5 Å². The van der Waals surface area contributed by atoms with Gasteiger partial charge in [0.05, 0.1) is 6.04 Å². The molecule has 9 heteroatoms. The molecule has 2 aromatic carbocycles. The highest BCUT2D eigenvalue weighted by atomic mass is 31.1. The van der Waals surface area contributed by atoms with E-state index in [0.29, 0.717) is 31.4 Å². The van der Waals surface area contributed by atoms with E-state index in [-0.39, 0.29) is 5.91 Å². The Bertz CT molecular complexity index is 979. The Labute approximate surface area is 200 Å². The summed E-state index contributed by atoms with van der Waals surface area (Å²) >= 11 is 0. The first-order valence-corrected chi connectivity index (χ1v) is 12.8. The minimum absolute atomic E-state index is 0.265. The molecule has 0 spiro atoms. The van der Waals surface area contributed by atoms with E-state index in [2.05, 4.69) is 10.6 Å². The van der Waals surface area contributed by atoms with Gasteiger partial charge in [0.15, 0.2) is 0 Å². The second-order valence-corrected chi connectivity index (χ2v) is 9.41. The third kappa shape index (κ3) is 8.13. The van der Waals surface area contributed by atoms with E-state index in [1.165, 1.54) is 0 Å². The van der Waals surface area contributed by atoms with Gasteiger partial charge in [0, 0.05) is 5.56 Å². The van der Waals surface area contributed by atoms with E-state index >= 15 is 0 Å². The monoisotopic (exact) mass is 485 g/mol. The van der Waals surface area contributed by atoms with Crippen molar-refractivity contribution in [2.24, 2.45) is 0 Å². The van der Waals surface area contributed by atoms with Gasteiger partial charge in [0.25, 0.3) is 12.1 Å². The lowest BCUT2D eigenvalue weighted by Crippen LogP contribution is -2.43. The molecule has 0 aromatic heterocycles. The van der Waals surface area contributed by atoms with Gasteiger partial charge in [0.2, 0.25) is 0 Å². The summed E-state index contributed by atoms with van der Waals surface area (Å²) in [6, 6.07) is 17.6. The van der Waals surface area contributed by atoms with Crippen LogP contribution < -0.4 is 10.6 Å². The summed E-state index contributed by atoms with van der Waals surface area (Å²) in [7, 11) is -2.43. The third-order valence-electron chi connectivity index (χ3n) is 5.61. The Morgan fingerprint density at radius 1 is 1.09 bits per heavy atom. The van der Waals surface area contributed by atoms with Crippen LogP contribution in [-0.2, 0) is 29.8 Å². The molecule has 180 valence electrons. The number of carbonyl (C=O) groups excluding carboxylic acids is 3. The summed E-state index contributed by atoms with van der Waals surface area (Å²) in [5.41, 5.74) is 1.60. The van der Waals surface area contributed by atoms with Gasteiger partial charge in [-0.05, 0) is 61.4 Å². The molecule has 0 bridgehead atoms. The Kier molecular flexibility index (Phi) is 9.89. The molecule has 1 aliphatic rings. The molecule has 8 nitrogen and oxygen atoms in total. The number of rotatable bonds is 11. The van der Waals surface area contributed by atoms with Crippen molar-refractivity contribution in [2.45, 2.75) is 50.8 Å². The summed E-state index contributed by atoms with van der Waals surface area (Å²) < 4.78 is 22.9. The van der Waals surface area contributed by atoms with Gasteiger partial charge in [0.1, 0.15) is 12.1 Å².